The van der Waals surface area contributed by atoms with E-state index in [9.17, 15) is 4.79 Å². The predicted octanol–water partition coefficient (Wildman–Crippen LogP) is 1.44. The fourth-order valence-corrected chi connectivity index (χ4v) is 2.60. The molecule has 0 aliphatic heterocycles. The van der Waals surface area contributed by atoms with Crippen molar-refractivity contribution in [1.29, 1.82) is 0 Å². The highest BCUT2D eigenvalue weighted by molar-refractivity contribution is 5.72. The van der Waals surface area contributed by atoms with Gasteiger partial charge in [-0.2, -0.15) is 5.26 Å². The Labute approximate surface area is 65.3 Å². The summed E-state index contributed by atoms with van der Waals surface area (Å²) in [5.41, 5.74) is 0. The van der Waals surface area contributed by atoms with E-state index in [2.05, 4.69) is 4.89 Å². The molecule has 62 valence electrons. The van der Waals surface area contributed by atoms with Gasteiger partial charge in [0.1, 0.15) is 0 Å². The van der Waals surface area contributed by atoms with Gasteiger partial charge in [-0.15, -0.1) is 0 Å². The van der Waals surface area contributed by atoms with Crippen LogP contribution in [-0.4, -0.2) is 11.2 Å². The molecule has 0 aromatic rings. The van der Waals surface area contributed by atoms with Crippen molar-refractivity contribution in [3.05, 3.63) is 0 Å². The van der Waals surface area contributed by atoms with E-state index in [1.54, 1.807) is 0 Å². The SMILES string of the molecule is O=C(OO)C1CC2CCC1C2. The van der Waals surface area contributed by atoms with E-state index in [4.69, 9.17) is 5.26 Å². The topological polar surface area (TPSA) is 46.5 Å². The summed E-state index contributed by atoms with van der Waals surface area (Å²) >= 11 is 0. The summed E-state index contributed by atoms with van der Waals surface area (Å²) in [4.78, 5) is 14.7. The molecule has 11 heavy (non-hydrogen) atoms. The molecule has 3 atom stereocenters. The fourth-order valence-electron chi connectivity index (χ4n) is 2.60. The van der Waals surface area contributed by atoms with Crippen molar-refractivity contribution in [1.82, 2.24) is 0 Å². The molecule has 2 bridgehead atoms. The molecule has 0 aromatic heterocycles. The van der Waals surface area contributed by atoms with Gasteiger partial charge in [0.2, 0.25) is 0 Å². The van der Waals surface area contributed by atoms with E-state index >= 15 is 0 Å². The van der Waals surface area contributed by atoms with Crippen LogP contribution in [0.2, 0.25) is 0 Å². The fraction of sp³-hybridized carbons (Fsp3) is 0.875. The Bertz CT molecular complexity index is 178. The molecule has 0 spiro atoms. The minimum Gasteiger partial charge on any atom is -0.301 e. The summed E-state index contributed by atoms with van der Waals surface area (Å²) in [5.74, 6) is 0.805. The van der Waals surface area contributed by atoms with E-state index in [1.165, 1.54) is 12.8 Å². The lowest BCUT2D eigenvalue weighted by atomic mass is 9.89. The van der Waals surface area contributed by atoms with Crippen LogP contribution in [0.15, 0.2) is 0 Å². The third-order valence-corrected chi connectivity index (χ3v) is 3.13. The van der Waals surface area contributed by atoms with Crippen molar-refractivity contribution in [3.8, 4) is 0 Å². The lowest BCUT2D eigenvalue weighted by molar-refractivity contribution is -0.240. The van der Waals surface area contributed by atoms with Crippen LogP contribution in [-0.2, 0) is 9.68 Å². The number of carbonyl (C=O) groups is 1. The van der Waals surface area contributed by atoms with Gasteiger partial charge in [0.15, 0.2) is 0 Å². The van der Waals surface area contributed by atoms with Crippen molar-refractivity contribution in [2.24, 2.45) is 17.8 Å². The Morgan fingerprint density at radius 2 is 2.18 bits per heavy atom. The maximum absolute atomic E-state index is 10.9. The first kappa shape index (κ1) is 7.10. The molecule has 0 radical (unpaired) electrons. The number of hydrogen-bond acceptors (Lipinski definition) is 3. The first-order chi connectivity index (χ1) is 5.31. The van der Waals surface area contributed by atoms with Crippen molar-refractivity contribution < 1.29 is 14.9 Å². The monoisotopic (exact) mass is 156 g/mol. The second-order valence-electron chi connectivity index (χ2n) is 3.69. The van der Waals surface area contributed by atoms with Crippen LogP contribution in [0.1, 0.15) is 25.7 Å². The molecule has 3 nitrogen and oxygen atoms in total. The normalized spacial score (nSPS) is 41.0. The summed E-state index contributed by atoms with van der Waals surface area (Å²) in [5, 5.41) is 8.17. The summed E-state index contributed by atoms with van der Waals surface area (Å²) in [6.07, 6.45) is 4.51. The molecule has 0 aromatic carbocycles. The van der Waals surface area contributed by atoms with Gasteiger partial charge in [0.05, 0.1) is 5.92 Å². The molecule has 0 amide bonds. The molecule has 0 saturated heterocycles. The number of fused-ring (bicyclic) bond motifs is 2. The minimum absolute atomic E-state index is 0.00116. The molecule has 2 fully saturated rings. The average Bonchev–Trinajstić information content (AvgIpc) is 2.62. The molecular formula is C8H12O3. The van der Waals surface area contributed by atoms with Gasteiger partial charge in [-0.05, 0) is 31.1 Å². The summed E-state index contributed by atoms with van der Waals surface area (Å²) in [7, 11) is 0. The number of rotatable bonds is 1. The predicted molar refractivity (Wildman–Crippen MR) is 37.7 cm³/mol. The summed E-state index contributed by atoms with van der Waals surface area (Å²) < 4.78 is 0. The number of hydrogen-bond donors (Lipinski definition) is 1. The Hall–Kier alpha value is -0.570. The van der Waals surface area contributed by atoms with Gasteiger partial charge >= 0.3 is 5.97 Å². The molecule has 3 unspecified atom stereocenters. The lowest BCUT2D eigenvalue weighted by Gasteiger charge is -2.17. The Balaban J connectivity index is 2.02. The molecule has 2 saturated carbocycles. The Morgan fingerprint density at radius 3 is 2.64 bits per heavy atom. The van der Waals surface area contributed by atoms with E-state index in [0.717, 1.165) is 18.8 Å². The lowest BCUT2D eigenvalue weighted by Crippen LogP contribution is -2.22. The first-order valence-electron chi connectivity index (χ1n) is 4.16. The largest absolute Gasteiger partial charge is 0.345 e. The highest BCUT2D eigenvalue weighted by Gasteiger charge is 2.44. The maximum atomic E-state index is 10.9. The molecular weight excluding hydrogens is 144 g/mol. The Kier molecular flexibility index (Phi) is 1.60. The van der Waals surface area contributed by atoms with Gasteiger partial charge in [-0.25, -0.2) is 4.79 Å². The minimum atomic E-state index is -0.419. The summed E-state index contributed by atoms with van der Waals surface area (Å²) in [6.45, 7) is 0. The van der Waals surface area contributed by atoms with E-state index < -0.39 is 5.97 Å². The highest BCUT2D eigenvalue weighted by atomic mass is 17.1. The second kappa shape index (κ2) is 2.48. The summed E-state index contributed by atoms with van der Waals surface area (Å²) in [6, 6.07) is 0. The van der Waals surface area contributed by atoms with Crippen LogP contribution in [0, 0.1) is 17.8 Å². The van der Waals surface area contributed by atoms with Crippen molar-refractivity contribution in [3.63, 3.8) is 0 Å². The Morgan fingerprint density at radius 1 is 1.36 bits per heavy atom. The van der Waals surface area contributed by atoms with Crippen LogP contribution >= 0.6 is 0 Å². The molecule has 3 heteroatoms. The maximum Gasteiger partial charge on any atom is 0.345 e. The quantitative estimate of drug-likeness (QED) is 0.461. The molecule has 2 rings (SSSR count). The second-order valence-corrected chi connectivity index (χ2v) is 3.69. The zero-order valence-electron chi connectivity index (χ0n) is 6.32. The van der Waals surface area contributed by atoms with Gasteiger partial charge in [-0.1, -0.05) is 6.42 Å². The third-order valence-electron chi connectivity index (χ3n) is 3.13. The zero-order valence-corrected chi connectivity index (χ0v) is 6.32. The van der Waals surface area contributed by atoms with Gasteiger partial charge in [0.25, 0.3) is 0 Å². The van der Waals surface area contributed by atoms with Gasteiger partial charge in [-0.3, -0.25) is 0 Å². The van der Waals surface area contributed by atoms with Gasteiger partial charge < -0.3 is 4.89 Å². The van der Waals surface area contributed by atoms with Crippen molar-refractivity contribution >= 4 is 5.97 Å². The van der Waals surface area contributed by atoms with Gasteiger partial charge in [0, 0.05) is 0 Å². The molecule has 0 heterocycles. The van der Waals surface area contributed by atoms with Crippen LogP contribution in [0.3, 0.4) is 0 Å². The average molecular weight is 156 g/mol. The van der Waals surface area contributed by atoms with Crippen molar-refractivity contribution in [2.45, 2.75) is 25.7 Å². The van der Waals surface area contributed by atoms with Crippen LogP contribution < -0.4 is 0 Å². The zero-order chi connectivity index (χ0) is 7.84. The smallest absolute Gasteiger partial charge is 0.301 e. The molecule has 1 N–H and O–H groups in total. The molecule has 2 aliphatic carbocycles. The standard InChI is InChI=1S/C8H12O3/c9-8(11-10)7-4-5-1-2-6(7)3-5/h5-7,10H,1-4H2. The number of carbonyl (C=O) groups excluding carboxylic acids is 1. The van der Waals surface area contributed by atoms with E-state index in [0.29, 0.717) is 5.92 Å². The third kappa shape index (κ3) is 1.03. The van der Waals surface area contributed by atoms with E-state index in [-0.39, 0.29) is 5.92 Å². The van der Waals surface area contributed by atoms with Crippen LogP contribution in [0.25, 0.3) is 0 Å². The van der Waals surface area contributed by atoms with Crippen LogP contribution in [0.4, 0.5) is 0 Å². The highest BCUT2D eigenvalue weighted by Crippen LogP contribution is 2.48. The van der Waals surface area contributed by atoms with E-state index in [1.807, 2.05) is 0 Å². The molecule has 2 aliphatic rings. The van der Waals surface area contributed by atoms with Crippen LogP contribution in [0.5, 0.6) is 0 Å². The van der Waals surface area contributed by atoms with Crippen molar-refractivity contribution in [2.75, 3.05) is 0 Å². The first-order valence-corrected chi connectivity index (χ1v) is 4.16.